The third-order valence-electron chi connectivity index (χ3n) is 2.90. The monoisotopic (exact) mass is 286 g/mol. The second-order valence-electron chi connectivity index (χ2n) is 4.48. The summed E-state index contributed by atoms with van der Waals surface area (Å²) in [7, 11) is 1.60. The third-order valence-corrected chi connectivity index (χ3v) is 2.90. The number of carbonyl (C=O) groups excluding carboxylic acids is 1. The first-order valence-electron chi connectivity index (χ1n) is 6.72. The zero-order valence-electron chi connectivity index (χ0n) is 12.2. The normalized spacial score (nSPS) is 10.0. The second kappa shape index (κ2) is 7.33. The molecule has 2 aromatic carbocycles. The van der Waals surface area contributed by atoms with E-state index in [9.17, 15) is 4.79 Å². The minimum atomic E-state index is -0.342. The molecule has 0 bridgehead atoms. The van der Waals surface area contributed by atoms with E-state index >= 15 is 0 Å². The summed E-state index contributed by atoms with van der Waals surface area (Å²) in [6.45, 7) is 1.87. The van der Waals surface area contributed by atoms with Crippen molar-refractivity contribution < 1.29 is 19.0 Å². The molecule has 110 valence electrons. The highest BCUT2D eigenvalue weighted by Crippen LogP contribution is 2.25. The van der Waals surface area contributed by atoms with Crippen molar-refractivity contribution in [2.45, 2.75) is 13.3 Å². The topological polar surface area (TPSA) is 44.8 Å². The quantitative estimate of drug-likeness (QED) is 0.604. The smallest absolute Gasteiger partial charge is 0.308 e. The molecule has 0 N–H and O–H groups in total. The van der Waals surface area contributed by atoms with Crippen molar-refractivity contribution in [1.29, 1.82) is 0 Å². The Labute approximate surface area is 124 Å². The lowest BCUT2D eigenvalue weighted by atomic mass is 10.1. The Morgan fingerprint density at radius 1 is 1.05 bits per heavy atom. The molecule has 4 heteroatoms. The van der Waals surface area contributed by atoms with Crippen molar-refractivity contribution in [3.63, 3.8) is 0 Å². The molecule has 4 nitrogen and oxygen atoms in total. The molecule has 0 amide bonds. The van der Waals surface area contributed by atoms with E-state index in [2.05, 4.69) is 0 Å². The van der Waals surface area contributed by atoms with Gasteiger partial charge in [0.05, 0.1) is 13.7 Å². The molecule has 2 aromatic rings. The molecule has 21 heavy (non-hydrogen) atoms. The van der Waals surface area contributed by atoms with Gasteiger partial charge in [0.25, 0.3) is 0 Å². The number of hydrogen-bond acceptors (Lipinski definition) is 4. The summed E-state index contributed by atoms with van der Waals surface area (Å²) in [5, 5.41) is 0. The number of hydrogen-bond donors (Lipinski definition) is 0. The number of methoxy groups -OCH3 is 1. The van der Waals surface area contributed by atoms with Gasteiger partial charge < -0.3 is 14.2 Å². The Hall–Kier alpha value is -2.49. The summed E-state index contributed by atoms with van der Waals surface area (Å²) >= 11 is 0. The minimum absolute atomic E-state index is 0.342. The van der Waals surface area contributed by atoms with Crippen LogP contribution in [0.2, 0.25) is 0 Å². The van der Waals surface area contributed by atoms with Gasteiger partial charge in [-0.25, -0.2) is 0 Å². The third kappa shape index (κ3) is 4.53. The van der Waals surface area contributed by atoms with Gasteiger partial charge >= 0.3 is 5.97 Å². The maximum Gasteiger partial charge on any atom is 0.308 e. The fourth-order valence-electron chi connectivity index (χ4n) is 1.93. The number of benzene rings is 2. The Kier molecular flexibility index (Phi) is 5.21. The molecule has 0 heterocycles. The van der Waals surface area contributed by atoms with Gasteiger partial charge in [0, 0.05) is 18.9 Å². The zero-order chi connectivity index (χ0) is 15.1. The number of carbonyl (C=O) groups is 1. The first kappa shape index (κ1) is 14.9. The van der Waals surface area contributed by atoms with Crippen LogP contribution >= 0.6 is 0 Å². The van der Waals surface area contributed by atoms with E-state index in [-0.39, 0.29) is 5.97 Å². The van der Waals surface area contributed by atoms with E-state index in [0.29, 0.717) is 18.8 Å². The zero-order valence-corrected chi connectivity index (χ0v) is 12.2. The second-order valence-corrected chi connectivity index (χ2v) is 4.48. The average molecular weight is 286 g/mol. The Morgan fingerprint density at radius 3 is 2.48 bits per heavy atom. The number of rotatable bonds is 6. The van der Waals surface area contributed by atoms with Gasteiger partial charge in [-0.3, -0.25) is 4.79 Å². The highest BCUT2D eigenvalue weighted by molar-refractivity contribution is 5.70. The summed E-state index contributed by atoms with van der Waals surface area (Å²) in [4.78, 5) is 11.1. The Bertz CT molecular complexity index is 593. The predicted octanol–water partition coefficient (Wildman–Crippen LogP) is 3.24. The van der Waals surface area contributed by atoms with Crippen LogP contribution in [0, 0.1) is 0 Å². The lowest BCUT2D eigenvalue weighted by molar-refractivity contribution is -0.131. The number of para-hydroxylation sites is 1. The van der Waals surface area contributed by atoms with Crippen LogP contribution in [0.3, 0.4) is 0 Å². The molecule has 2 rings (SSSR count). The van der Waals surface area contributed by atoms with Crippen molar-refractivity contribution in [2.24, 2.45) is 0 Å². The van der Waals surface area contributed by atoms with Gasteiger partial charge in [0.1, 0.15) is 17.2 Å². The highest BCUT2D eigenvalue weighted by atomic mass is 16.5. The van der Waals surface area contributed by atoms with Crippen LogP contribution in [0.25, 0.3) is 0 Å². The van der Waals surface area contributed by atoms with E-state index < -0.39 is 0 Å². The van der Waals surface area contributed by atoms with Gasteiger partial charge in [-0.2, -0.15) is 0 Å². The van der Waals surface area contributed by atoms with Gasteiger partial charge in [-0.15, -0.1) is 0 Å². The van der Waals surface area contributed by atoms with Crippen molar-refractivity contribution in [1.82, 2.24) is 0 Å². The van der Waals surface area contributed by atoms with Crippen LogP contribution in [0.15, 0.2) is 48.5 Å². The van der Waals surface area contributed by atoms with E-state index in [1.54, 1.807) is 19.2 Å². The van der Waals surface area contributed by atoms with Crippen molar-refractivity contribution in [3.8, 4) is 17.2 Å². The SMILES string of the molecule is COc1ccc(OC(C)=O)c(CCOc2ccccc2)c1. The van der Waals surface area contributed by atoms with Crippen LogP contribution in [0.4, 0.5) is 0 Å². The summed E-state index contributed by atoms with van der Waals surface area (Å²) in [5.74, 6) is 1.74. The molecule has 0 aromatic heterocycles. The van der Waals surface area contributed by atoms with E-state index in [1.807, 2.05) is 36.4 Å². The van der Waals surface area contributed by atoms with E-state index in [4.69, 9.17) is 14.2 Å². The summed E-state index contributed by atoms with van der Waals surface area (Å²) < 4.78 is 16.1. The average Bonchev–Trinajstić information content (AvgIpc) is 2.49. The van der Waals surface area contributed by atoms with Crippen molar-refractivity contribution in [3.05, 3.63) is 54.1 Å². The lowest BCUT2D eigenvalue weighted by Crippen LogP contribution is -2.07. The number of esters is 1. The molecule has 0 spiro atoms. The van der Waals surface area contributed by atoms with Crippen molar-refractivity contribution >= 4 is 5.97 Å². The molecule has 0 aliphatic heterocycles. The standard InChI is InChI=1S/C17H18O4/c1-13(18)21-17-9-8-16(19-2)12-14(17)10-11-20-15-6-4-3-5-7-15/h3-9,12H,10-11H2,1-2H3. The highest BCUT2D eigenvalue weighted by Gasteiger charge is 2.08. The van der Waals surface area contributed by atoms with Crippen LogP contribution in [-0.4, -0.2) is 19.7 Å². The van der Waals surface area contributed by atoms with Gasteiger partial charge in [0.15, 0.2) is 0 Å². The largest absolute Gasteiger partial charge is 0.497 e. The molecule has 0 saturated carbocycles. The van der Waals surface area contributed by atoms with E-state index in [1.165, 1.54) is 6.92 Å². The molecule has 0 aliphatic carbocycles. The first-order valence-corrected chi connectivity index (χ1v) is 6.72. The molecular weight excluding hydrogens is 268 g/mol. The van der Waals surface area contributed by atoms with Crippen LogP contribution in [-0.2, 0) is 11.2 Å². The first-order chi connectivity index (χ1) is 10.2. The predicted molar refractivity (Wildman–Crippen MR) is 79.9 cm³/mol. The molecular formula is C17H18O4. The fraction of sp³-hybridized carbons (Fsp3) is 0.235. The van der Waals surface area contributed by atoms with E-state index in [0.717, 1.165) is 17.1 Å². The maximum absolute atomic E-state index is 11.1. The van der Waals surface area contributed by atoms with Crippen LogP contribution in [0.1, 0.15) is 12.5 Å². The summed E-state index contributed by atoms with van der Waals surface area (Å²) in [6, 6.07) is 14.9. The summed E-state index contributed by atoms with van der Waals surface area (Å²) in [6.07, 6.45) is 0.620. The summed E-state index contributed by atoms with van der Waals surface area (Å²) in [5.41, 5.74) is 0.875. The van der Waals surface area contributed by atoms with Crippen LogP contribution in [0.5, 0.6) is 17.2 Å². The van der Waals surface area contributed by atoms with Crippen molar-refractivity contribution in [2.75, 3.05) is 13.7 Å². The molecule has 0 aliphatic rings. The molecule has 0 unspecified atom stereocenters. The van der Waals surface area contributed by atoms with Gasteiger partial charge in [0.2, 0.25) is 0 Å². The molecule has 0 saturated heterocycles. The molecule has 0 atom stereocenters. The molecule has 0 fully saturated rings. The van der Waals surface area contributed by atoms with Gasteiger partial charge in [-0.1, -0.05) is 18.2 Å². The lowest BCUT2D eigenvalue weighted by Gasteiger charge is -2.11. The van der Waals surface area contributed by atoms with Gasteiger partial charge in [-0.05, 0) is 30.3 Å². The maximum atomic E-state index is 11.1. The fourth-order valence-corrected chi connectivity index (χ4v) is 1.93. The van der Waals surface area contributed by atoms with Crippen LogP contribution < -0.4 is 14.2 Å². The Morgan fingerprint density at radius 2 is 1.81 bits per heavy atom. The Balaban J connectivity index is 2.04. The molecule has 0 radical (unpaired) electrons. The minimum Gasteiger partial charge on any atom is -0.497 e. The number of ether oxygens (including phenoxy) is 3.